The molecule has 0 bridgehead atoms. The summed E-state index contributed by atoms with van der Waals surface area (Å²) in [7, 11) is 0. The molecule has 0 aliphatic heterocycles. The lowest BCUT2D eigenvalue weighted by molar-refractivity contribution is -0.306. The largest absolute Gasteiger partial charge is 0.548 e. The van der Waals surface area contributed by atoms with Gasteiger partial charge in [0.2, 0.25) is 5.88 Å². The van der Waals surface area contributed by atoms with Crippen molar-refractivity contribution in [2.45, 2.75) is 33.2 Å². The normalized spacial score (nSPS) is 11.1. The zero-order chi connectivity index (χ0) is 19.6. The minimum Gasteiger partial charge on any atom is -0.548 e. The van der Waals surface area contributed by atoms with Crippen molar-refractivity contribution in [1.82, 2.24) is 24.7 Å². The number of fused-ring (bicyclic) bond motifs is 1. The summed E-state index contributed by atoms with van der Waals surface area (Å²) in [4.78, 5) is 35.2. The Labute approximate surface area is 167 Å². The van der Waals surface area contributed by atoms with Gasteiger partial charge in [0.25, 0.3) is 5.56 Å². The molecule has 0 saturated carbocycles. The van der Waals surface area contributed by atoms with Gasteiger partial charge in [-0.1, -0.05) is 13.8 Å². The van der Waals surface area contributed by atoms with Gasteiger partial charge in [0.1, 0.15) is 11.3 Å². The van der Waals surface area contributed by atoms with E-state index in [1.54, 1.807) is 6.20 Å². The number of H-pyrrole nitrogens is 1. The topological polar surface area (TPSA) is 126 Å². The number of ether oxygens (including phenoxy) is 1. The Bertz CT molecular complexity index is 1060. The van der Waals surface area contributed by atoms with Gasteiger partial charge in [-0.3, -0.25) is 9.48 Å². The standard InChI is InChI=1S/C17H18IN5O4/c1-3-5-27-17-10(6-9(18)7-19-17)15-20-13-11(4-2)22-23(8-12(24)25)14(13)16(26)21-15/h6-7H,3-5,8H2,1-2H3,(H,24,25)(H,20,21,26)/p-1. The van der Waals surface area contributed by atoms with Crippen molar-refractivity contribution in [3.8, 4) is 17.3 Å². The molecule has 3 aromatic rings. The predicted octanol–water partition coefficient (Wildman–Crippen LogP) is 0.887. The molecule has 27 heavy (non-hydrogen) atoms. The lowest BCUT2D eigenvalue weighted by Crippen LogP contribution is -2.29. The van der Waals surface area contributed by atoms with Gasteiger partial charge in [-0.25, -0.2) is 9.97 Å². The molecule has 0 fully saturated rings. The van der Waals surface area contributed by atoms with E-state index in [2.05, 4.69) is 42.6 Å². The molecule has 0 aliphatic carbocycles. The zero-order valence-electron chi connectivity index (χ0n) is 14.8. The molecule has 0 aromatic carbocycles. The van der Waals surface area contributed by atoms with Crippen molar-refractivity contribution >= 4 is 39.6 Å². The summed E-state index contributed by atoms with van der Waals surface area (Å²) in [6.45, 7) is 3.81. The third-order valence-electron chi connectivity index (χ3n) is 3.80. The maximum Gasteiger partial charge on any atom is 0.277 e. The number of nitrogens with zero attached hydrogens (tertiary/aromatic N) is 4. The van der Waals surface area contributed by atoms with E-state index in [4.69, 9.17) is 4.74 Å². The number of halogens is 1. The molecule has 0 unspecified atom stereocenters. The Balaban J connectivity index is 2.22. The molecular formula is C17H17IN5O4-. The minimum absolute atomic E-state index is 0.106. The number of carbonyl (C=O) groups is 1. The van der Waals surface area contributed by atoms with Crippen LogP contribution in [0.15, 0.2) is 17.1 Å². The number of aromatic amines is 1. The molecule has 142 valence electrons. The predicted molar refractivity (Wildman–Crippen MR) is 104 cm³/mol. The zero-order valence-corrected chi connectivity index (χ0v) is 16.9. The third kappa shape index (κ3) is 3.94. The van der Waals surface area contributed by atoms with Crippen LogP contribution < -0.4 is 15.4 Å². The Hall–Kier alpha value is -2.50. The van der Waals surface area contributed by atoms with Gasteiger partial charge in [-0.15, -0.1) is 0 Å². The smallest absolute Gasteiger partial charge is 0.277 e. The highest BCUT2D eigenvalue weighted by Gasteiger charge is 2.19. The summed E-state index contributed by atoms with van der Waals surface area (Å²) in [6, 6.07) is 1.82. The fourth-order valence-corrected chi connectivity index (χ4v) is 3.11. The van der Waals surface area contributed by atoms with Crippen LogP contribution in [0.5, 0.6) is 5.88 Å². The van der Waals surface area contributed by atoms with Crippen LogP contribution in [0, 0.1) is 3.57 Å². The Kier molecular flexibility index (Phi) is 5.73. The molecule has 9 nitrogen and oxygen atoms in total. The van der Waals surface area contributed by atoms with Crippen LogP contribution in [0.25, 0.3) is 22.4 Å². The van der Waals surface area contributed by atoms with Gasteiger partial charge in [0, 0.05) is 9.77 Å². The second-order valence-corrected chi connectivity index (χ2v) is 7.04. The number of aromatic nitrogens is 5. The maximum atomic E-state index is 12.7. The monoisotopic (exact) mass is 482 g/mol. The van der Waals surface area contributed by atoms with E-state index in [0.717, 1.165) is 14.7 Å². The second kappa shape index (κ2) is 8.03. The second-order valence-electron chi connectivity index (χ2n) is 5.80. The van der Waals surface area contributed by atoms with E-state index in [0.29, 0.717) is 41.5 Å². The van der Waals surface area contributed by atoms with E-state index < -0.39 is 18.1 Å². The Morgan fingerprint density at radius 2 is 2.19 bits per heavy atom. The summed E-state index contributed by atoms with van der Waals surface area (Å²) in [5, 5.41) is 15.2. The molecule has 1 N–H and O–H groups in total. The molecule has 10 heteroatoms. The quantitative estimate of drug-likeness (QED) is 0.496. The van der Waals surface area contributed by atoms with Crippen LogP contribution in [0.2, 0.25) is 0 Å². The third-order valence-corrected chi connectivity index (χ3v) is 4.39. The van der Waals surface area contributed by atoms with Gasteiger partial charge in [-0.05, 0) is 41.5 Å². The summed E-state index contributed by atoms with van der Waals surface area (Å²) < 4.78 is 7.65. The van der Waals surface area contributed by atoms with Gasteiger partial charge in [0.05, 0.1) is 30.4 Å². The van der Waals surface area contributed by atoms with Crippen LogP contribution in [0.1, 0.15) is 26.0 Å². The van der Waals surface area contributed by atoms with E-state index >= 15 is 0 Å². The maximum absolute atomic E-state index is 12.7. The van der Waals surface area contributed by atoms with Crippen LogP contribution in [0.3, 0.4) is 0 Å². The number of pyridine rings is 1. The Morgan fingerprint density at radius 3 is 2.85 bits per heavy atom. The number of hydrogen-bond acceptors (Lipinski definition) is 7. The Morgan fingerprint density at radius 1 is 1.41 bits per heavy atom. The SMILES string of the molecule is CCCOc1ncc(I)cc1-c1nc2c(CC)nn(CC(=O)[O-])c2c(=O)[nH]1. The molecule has 0 amide bonds. The first kappa shape index (κ1) is 19.3. The summed E-state index contributed by atoms with van der Waals surface area (Å²) in [6.07, 6.45) is 2.98. The van der Waals surface area contributed by atoms with E-state index in [1.807, 2.05) is 19.9 Å². The van der Waals surface area contributed by atoms with E-state index in [-0.39, 0.29) is 5.52 Å². The molecule has 0 atom stereocenters. The van der Waals surface area contributed by atoms with Crippen LogP contribution in [-0.4, -0.2) is 37.3 Å². The number of carbonyl (C=O) groups excluding carboxylic acids is 1. The molecule has 3 rings (SSSR count). The molecule has 0 spiro atoms. The molecule has 3 heterocycles. The van der Waals surface area contributed by atoms with Crippen LogP contribution >= 0.6 is 22.6 Å². The van der Waals surface area contributed by atoms with E-state index in [1.165, 1.54) is 0 Å². The number of nitrogens with one attached hydrogen (secondary N) is 1. The molecule has 0 radical (unpaired) electrons. The van der Waals surface area contributed by atoms with E-state index in [9.17, 15) is 14.7 Å². The van der Waals surface area contributed by atoms with Crippen molar-refractivity contribution in [1.29, 1.82) is 0 Å². The summed E-state index contributed by atoms with van der Waals surface area (Å²) in [5.41, 5.74) is 1.08. The van der Waals surface area contributed by atoms with Crippen molar-refractivity contribution in [3.05, 3.63) is 31.9 Å². The first-order valence-electron chi connectivity index (χ1n) is 8.42. The summed E-state index contributed by atoms with van der Waals surface area (Å²) in [5.74, 6) is -0.658. The van der Waals surface area contributed by atoms with Gasteiger partial charge >= 0.3 is 0 Å². The average molecular weight is 482 g/mol. The highest BCUT2D eigenvalue weighted by molar-refractivity contribution is 14.1. The number of carboxylic acids is 1. The first-order chi connectivity index (χ1) is 12.9. The molecule has 3 aromatic heterocycles. The van der Waals surface area contributed by atoms with Crippen molar-refractivity contribution < 1.29 is 14.6 Å². The van der Waals surface area contributed by atoms with Crippen molar-refractivity contribution in [2.24, 2.45) is 0 Å². The van der Waals surface area contributed by atoms with Crippen molar-refractivity contribution in [3.63, 3.8) is 0 Å². The number of aryl methyl sites for hydroxylation is 1. The van der Waals surface area contributed by atoms with Crippen LogP contribution in [0.4, 0.5) is 0 Å². The minimum atomic E-state index is -1.33. The number of carboxylic acid groups (broad SMARTS) is 1. The fourth-order valence-electron chi connectivity index (χ4n) is 2.66. The number of hydrogen-bond donors (Lipinski definition) is 1. The highest BCUT2D eigenvalue weighted by Crippen LogP contribution is 2.28. The molecule has 0 aliphatic rings. The van der Waals surface area contributed by atoms with Gasteiger partial charge < -0.3 is 19.6 Å². The molecular weight excluding hydrogens is 465 g/mol. The van der Waals surface area contributed by atoms with Crippen molar-refractivity contribution in [2.75, 3.05) is 6.61 Å². The fraction of sp³-hybridized carbons (Fsp3) is 0.353. The lowest BCUT2D eigenvalue weighted by Gasteiger charge is -2.10. The molecule has 0 saturated heterocycles. The van der Waals surface area contributed by atoms with Crippen LogP contribution in [-0.2, 0) is 17.8 Å². The summed E-state index contributed by atoms with van der Waals surface area (Å²) >= 11 is 2.12. The average Bonchev–Trinajstić information content (AvgIpc) is 2.98. The highest BCUT2D eigenvalue weighted by atomic mass is 127. The first-order valence-corrected chi connectivity index (χ1v) is 9.50. The van der Waals surface area contributed by atoms with Gasteiger partial charge in [-0.2, -0.15) is 5.10 Å². The lowest BCUT2D eigenvalue weighted by atomic mass is 10.2. The van der Waals surface area contributed by atoms with Gasteiger partial charge in [0.15, 0.2) is 5.52 Å². The number of rotatable bonds is 7. The number of aliphatic carboxylic acids is 1.